The molecule has 0 aliphatic carbocycles. The summed E-state index contributed by atoms with van der Waals surface area (Å²) < 4.78 is 0. The van der Waals surface area contributed by atoms with Crippen molar-refractivity contribution in [1.29, 1.82) is 0 Å². The van der Waals surface area contributed by atoms with E-state index in [1.165, 1.54) is 12.2 Å². The number of thioether (sulfide) groups is 1. The lowest BCUT2D eigenvalue weighted by molar-refractivity contribution is 0.556. The topological polar surface area (TPSA) is 0 Å². The van der Waals surface area contributed by atoms with E-state index in [9.17, 15) is 0 Å². The van der Waals surface area contributed by atoms with Crippen LogP contribution in [0.5, 0.6) is 0 Å². The van der Waals surface area contributed by atoms with Gasteiger partial charge >= 0.3 is 0 Å². The first-order chi connectivity index (χ1) is 4.18. The summed E-state index contributed by atoms with van der Waals surface area (Å²) in [5, 5.41) is 0.331. The third kappa shape index (κ3) is 5.10. The van der Waals surface area contributed by atoms with Crippen molar-refractivity contribution in [2.24, 2.45) is 5.92 Å². The van der Waals surface area contributed by atoms with Crippen molar-refractivity contribution in [3.63, 3.8) is 0 Å². The molecule has 0 fully saturated rings. The van der Waals surface area contributed by atoms with Gasteiger partial charge in [0.25, 0.3) is 0 Å². The van der Waals surface area contributed by atoms with E-state index in [0.29, 0.717) is 11.3 Å². The van der Waals surface area contributed by atoms with Crippen molar-refractivity contribution < 1.29 is 0 Å². The Labute approximate surface area is 67.4 Å². The fourth-order valence-electron chi connectivity index (χ4n) is 0.533. The predicted octanol–water partition coefficient (Wildman–Crippen LogP) is 3.00. The first kappa shape index (κ1) is 9.64. The number of halogens is 1. The molecule has 9 heavy (non-hydrogen) atoms. The highest BCUT2D eigenvalue weighted by Crippen LogP contribution is 2.15. The van der Waals surface area contributed by atoms with Crippen molar-refractivity contribution in [3.05, 3.63) is 0 Å². The van der Waals surface area contributed by atoms with Gasteiger partial charge in [-0.05, 0) is 31.3 Å². The van der Waals surface area contributed by atoms with E-state index >= 15 is 0 Å². The monoisotopic (exact) mass is 166 g/mol. The van der Waals surface area contributed by atoms with Crippen molar-refractivity contribution >= 4 is 23.4 Å². The molecule has 0 nitrogen and oxygen atoms in total. The van der Waals surface area contributed by atoms with Crippen LogP contribution in [-0.2, 0) is 0 Å². The predicted molar refractivity (Wildman–Crippen MR) is 47.5 cm³/mol. The zero-order chi connectivity index (χ0) is 7.28. The van der Waals surface area contributed by atoms with Gasteiger partial charge in [-0.1, -0.05) is 6.92 Å². The van der Waals surface area contributed by atoms with Crippen LogP contribution in [0, 0.1) is 5.92 Å². The second-order valence-corrected chi connectivity index (χ2v) is 4.11. The number of rotatable bonds is 4. The van der Waals surface area contributed by atoms with Crippen LogP contribution >= 0.6 is 23.4 Å². The van der Waals surface area contributed by atoms with Crippen molar-refractivity contribution in [3.8, 4) is 0 Å². The lowest BCUT2D eigenvalue weighted by Gasteiger charge is -2.11. The SMILES string of the molecule is CSCCC(C)C(C)Cl. The van der Waals surface area contributed by atoms with E-state index in [4.69, 9.17) is 11.6 Å². The normalized spacial score (nSPS) is 17.3. The van der Waals surface area contributed by atoms with Crippen LogP contribution in [0.2, 0.25) is 0 Å². The van der Waals surface area contributed by atoms with Crippen LogP contribution < -0.4 is 0 Å². The maximum atomic E-state index is 5.85. The number of hydrogen-bond donors (Lipinski definition) is 0. The molecule has 0 saturated heterocycles. The summed E-state index contributed by atoms with van der Waals surface area (Å²) in [7, 11) is 0. The average molecular weight is 167 g/mol. The summed E-state index contributed by atoms with van der Waals surface area (Å²) in [6.07, 6.45) is 3.37. The lowest BCUT2D eigenvalue weighted by Crippen LogP contribution is -2.07. The molecule has 0 heterocycles. The number of alkyl halides is 1. The van der Waals surface area contributed by atoms with Crippen molar-refractivity contribution in [2.45, 2.75) is 25.6 Å². The molecule has 0 aliphatic rings. The summed E-state index contributed by atoms with van der Waals surface area (Å²) in [6.45, 7) is 4.26. The highest BCUT2D eigenvalue weighted by Gasteiger charge is 2.06. The minimum Gasteiger partial charge on any atom is -0.165 e. The van der Waals surface area contributed by atoms with Gasteiger partial charge < -0.3 is 0 Å². The van der Waals surface area contributed by atoms with E-state index < -0.39 is 0 Å². The Morgan fingerprint density at radius 2 is 2.00 bits per heavy atom. The molecule has 0 N–H and O–H groups in total. The van der Waals surface area contributed by atoms with Crippen LogP contribution in [0.3, 0.4) is 0 Å². The Morgan fingerprint density at radius 1 is 1.44 bits per heavy atom. The molecule has 2 atom stereocenters. The van der Waals surface area contributed by atoms with Crippen LogP contribution in [0.1, 0.15) is 20.3 Å². The van der Waals surface area contributed by atoms with Gasteiger partial charge in [0, 0.05) is 5.38 Å². The summed E-state index contributed by atoms with van der Waals surface area (Å²) >= 11 is 7.74. The zero-order valence-corrected chi connectivity index (χ0v) is 7.93. The first-order valence-corrected chi connectivity index (χ1v) is 5.14. The first-order valence-electron chi connectivity index (χ1n) is 3.31. The van der Waals surface area contributed by atoms with Gasteiger partial charge in [0.1, 0.15) is 0 Å². The van der Waals surface area contributed by atoms with Crippen LogP contribution in [-0.4, -0.2) is 17.4 Å². The Bertz CT molecular complexity index is 63.9. The van der Waals surface area contributed by atoms with Crippen LogP contribution in [0.25, 0.3) is 0 Å². The molecular formula is C7H15ClS. The van der Waals surface area contributed by atoms with E-state index in [1.54, 1.807) is 0 Å². The maximum absolute atomic E-state index is 5.85. The fourth-order valence-corrected chi connectivity index (χ4v) is 1.27. The molecule has 0 amide bonds. The van der Waals surface area contributed by atoms with E-state index in [-0.39, 0.29) is 0 Å². The van der Waals surface area contributed by atoms with E-state index in [1.807, 2.05) is 11.8 Å². The Kier molecular flexibility index (Phi) is 5.81. The summed E-state index contributed by atoms with van der Waals surface area (Å²) in [5.41, 5.74) is 0. The minimum absolute atomic E-state index is 0.331. The van der Waals surface area contributed by atoms with Gasteiger partial charge in [0.2, 0.25) is 0 Å². The van der Waals surface area contributed by atoms with Crippen molar-refractivity contribution in [2.75, 3.05) is 12.0 Å². The largest absolute Gasteiger partial charge is 0.165 e. The van der Waals surface area contributed by atoms with Gasteiger partial charge in [0.05, 0.1) is 0 Å². The van der Waals surface area contributed by atoms with Gasteiger partial charge in [-0.25, -0.2) is 0 Å². The third-order valence-electron chi connectivity index (χ3n) is 1.56. The highest BCUT2D eigenvalue weighted by atomic mass is 35.5. The van der Waals surface area contributed by atoms with Crippen LogP contribution in [0.15, 0.2) is 0 Å². The number of hydrogen-bond acceptors (Lipinski definition) is 1. The maximum Gasteiger partial charge on any atom is 0.0333 e. The summed E-state index contributed by atoms with van der Waals surface area (Å²) in [5.74, 6) is 1.90. The van der Waals surface area contributed by atoms with Gasteiger partial charge in [-0.15, -0.1) is 11.6 Å². The molecule has 2 heteroatoms. The van der Waals surface area contributed by atoms with Crippen LogP contribution in [0.4, 0.5) is 0 Å². The van der Waals surface area contributed by atoms with Gasteiger partial charge in [0.15, 0.2) is 0 Å². The summed E-state index contributed by atoms with van der Waals surface area (Å²) in [4.78, 5) is 0. The standard InChI is InChI=1S/C7H15ClS/c1-6(7(2)8)4-5-9-3/h6-7H,4-5H2,1-3H3. The molecule has 0 aromatic rings. The Hall–Kier alpha value is 0.640. The van der Waals surface area contributed by atoms with E-state index in [2.05, 4.69) is 20.1 Å². The van der Waals surface area contributed by atoms with Gasteiger partial charge in [-0.3, -0.25) is 0 Å². The average Bonchev–Trinajstić information content (AvgIpc) is 1.82. The summed E-state index contributed by atoms with van der Waals surface area (Å²) in [6, 6.07) is 0. The highest BCUT2D eigenvalue weighted by molar-refractivity contribution is 7.98. The third-order valence-corrected chi connectivity index (χ3v) is 2.64. The molecule has 0 aromatic carbocycles. The Morgan fingerprint density at radius 3 is 2.33 bits per heavy atom. The lowest BCUT2D eigenvalue weighted by atomic mass is 10.1. The molecule has 2 unspecified atom stereocenters. The zero-order valence-electron chi connectivity index (χ0n) is 6.36. The molecule has 0 aliphatic heterocycles. The molecule has 0 saturated carbocycles. The second kappa shape index (κ2) is 5.43. The molecule has 0 spiro atoms. The minimum atomic E-state index is 0.331. The quantitative estimate of drug-likeness (QED) is 0.579. The molecule has 0 aromatic heterocycles. The smallest absolute Gasteiger partial charge is 0.0333 e. The van der Waals surface area contributed by atoms with Crippen molar-refractivity contribution in [1.82, 2.24) is 0 Å². The second-order valence-electron chi connectivity index (χ2n) is 2.44. The molecular weight excluding hydrogens is 152 g/mol. The van der Waals surface area contributed by atoms with Gasteiger partial charge in [-0.2, -0.15) is 11.8 Å². The Balaban J connectivity index is 3.16. The molecule has 0 radical (unpaired) electrons. The molecule has 0 bridgehead atoms. The molecule has 56 valence electrons. The fraction of sp³-hybridized carbons (Fsp3) is 1.00. The molecule has 0 rings (SSSR count). The van der Waals surface area contributed by atoms with E-state index in [0.717, 1.165) is 0 Å².